The maximum Gasteiger partial charge on any atom is 0.243 e. The summed E-state index contributed by atoms with van der Waals surface area (Å²) in [6.45, 7) is 4.95. The second-order valence-electron chi connectivity index (χ2n) is 23.9. The molecule has 0 bridgehead atoms. The number of amides is 9. The third-order valence-corrected chi connectivity index (χ3v) is 15.7. The number of nitrogens with one attached hydrogen (secondary N) is 9. The van der Waals surface area contributed by atoms with Gasteiger partial charge < -0.3 is 111 Å². The molecule has 0 saturated heterocycles. The third-order valence-electron chi connectivity index (χ3n) is 15.7. The molecule has 0 aromatic rings. The van der Waals surface area contributed by atoms with Crippen LogP contribution in [0.1, 0.15) is 200 Å². The van der Waals surface area contributed by atoms with E-state index in [4.69, 9.17) is 63.1 Å². The SMILES string of the molecule is CC(=O)C(CCCCNC(=O)C(N)CCCCN)NC(=O)C(CCCCNC(=O)C(N)CCCCN)NC(=O)C(CCCCNC(=O)C(N)CCCCN)NC(=O)C(CCCCNC(=O)C(N)CCCCN)NC(=O)C(N)CCCCNC(=O)C(N)CCCCN. The molecule has 0 aliphatic rings. The first kappa shape index (κ1) is 85.5. The number of carbonyl (C=O) groups excluding carboxylic acids is 10. The molecule has 528 valence electrons. The van der Waals surface area contributed by atoms with Crippen LogP contribution in [0.5, 0.6) is 0 Å². The molecular formula is C61H124N20O10. The molecule has 10 atom stereocenters. The molecule has 0 radical (unpaired) electrons. The Bertz CT molecular complexity index is 2050. The molecule has 31 N–H and O–H groups in total. The second-order valence-corrected chi connectivity index (χ2v) is 23.9. The predicted molar refractivity (Wildman–Crippen MR) is 355 cm³/mol. The predicted octanol–water partition coefficient (Wildman–Crippen LogP) is -3.44. The highest BCUT2D eigenvalue weighted by Gasteiger charge is 2.32. The van der Waals surface area contributed by atoms with Gasteiger partial charge in [0, 0.05) is 32.7 Å². The van der Waals surface area contributed by atoms with Gasteiger partial charge in [-0.3, -0.25) is 47.9 Å². The van der Waals surface area contributed by atoms with Crippen LogP contribution in [0.3, 0.4) is 0 Å². The summed E-state index contributed by atoms with van der Waals surface area (Å²) in [5.41, 5.74) is 64.7. The van der Waals surface area contributed by atoms with Gasteiger partial charge in [0.05, 0.1) is 42.3 Å². The van der Waals surface area contributed by atoms with E-state index in [1.165, 1.54) is 6.92 Å². The third kappa shape index (κ3) is 43.1. The normalized spacial score (nSPS) is 14.6. The number of unbranched alkanes of at least 4 members (excludes halogenated alkanes) is 10. The molecule has 0 rings (SSSR count). The van der Waals surface area contributed by atoms with Crippen LogP contribution in [0.4, 0.5) is 0 Å². The van der Waals surface area contributed by atoms with Crippen LogP contribution in [0.15, 0.2) is 0 Å². The van der Waals surface area contributed by atoms with Gasteiger partial charge in [-0.15, -0.1) is 0 Å². The first-order valence-electron chi connectivity index (χ1n) is 33.7. The van der Waals surface area contributed by atoms with E-state index in [0.717, 1.165) is 32.1 Å². The Morgan fingerprint density at radius 3 is 0.626 bits per heavy atom. The van der Waals surface area contributed by atoms with Gasteiger partial charge in [0.1, 0.15) is 18.1 Å². The van der Waals surface area contributed by atoms with Gasteiger partial charge in [0.15, 0.2) is 5.78 Å². The number of hydrogen-bond acceptors (Lipinski definition) is 21. The smallest absolute Gasteiger partial charge is 0.243 e. The Morgan fingerprint density at radius 2 is 0.407 bits per heavy atom. The van der Waals surface area contributed by atoms with E-state index in [0.29, 0.717) is 161 Å². The lowest BCUT2D eigenvalue weighted by Gasteiger charge is -2.27. The Morgan fingerprint density at radius 1 is 0.231 bits per heavy atom. The van der Waals surface area contributed by atoms with Crippen LogP contribution >= 0.6 is 0 Å². The van der Waals surface area contributed by atoms with Crippen molar-refractivity contribution in [2.75, 3.05) is 65.4 Å². The molecule has 0 fully saturated rings. The van der Waals surface area contributed by atoms with E-state index >= 15 is 0 Å². The van der Waals surface area contributed by atoms with E-state index in [-0.39, 0.29) is 100 Å². The van der Waals surface area contributed by atoms with E-state index in [2.05, 4.69) is 47.9 Å². The van der Waals surface area contributed by atoms with E-state index in [1.807, 2.05) is 0 Å². The number of carbonyl (C=O) groups is 10. The highest BCUT2D eigenvalue weighted by atomic mass is 16.2. The maximum absolute atomic E-state index is 14.7. The van der Waals surface area contributed by atoms with Gasteiger partial charge in [0.25, 0.3) is 0 Å². The highest BCUT2D eigenvalue weighted by Crippen LogP contribution is 2.12. The quantitative estimate of drug-likeness (QED) is 0.0263. The number of hydrogen-bond donors (Lipinski definition) is 20. The second kappa shape index (κ2) is 55.0. The fourth-order valence-electron chi connectivity index (χ4n) is 9.71. The minimum Gasteiger partial charge on any atom is -0.355 e. The van der Waals surface area contributed by atoms with Crippen molar-refractivity contribution in [3.63, 3.8) is 0 Å². The van der Waals surface area contributed by atoms with Gasteiger partial charge in [0.2, 0.25) is 53.2 Å². The average molecular weight is 1300 g/mol. The molecule has 91 heavy (non-hydrogen) atoms. The van der Waals surface area contributed by atoms with Gasteiger partial charge in [-0.2, -0.15) is 0 Å². The Labute approximate surface area is 541 Å². The summed E-state index contributed by atoms with van der Waals surface area (Å²) in [5, 5.41) is 25.3. The first-order valence-corrected chi connectivity index (χ1v) is 33.7. The molecule has 0 spiro atoms. The van der Waals surface area contributed by atoms with Gasteiger partial charge in [-0.1, -0.05) is 32.1 Å². The summed E-state index contributed by atoms with van der Waals surface area (Å²) in [5.74, 6) is -4.81. The molecule has 0 saturated carbocycles. The van der Waals surface area contributed by atoms with Gasteiger partial charge >= 0.3 is 0 Å². The fourth-order valence-corrected chi connectivity index (χ4v) is 9.71. The van der Waals surface area contributed by atoms with Crippen molar-refractivity contribution in [3.05, 3.63) is 0 Å². The van der Waals surface area contributed by atoms with E-state index in [1.54, 1.807) is 0 Å². The lowest BCUT2D eigenvalue weighted by atomic mass is 10.0. The Hall–Kier alpha value is -5.54. The van der Waals surface area contributed by atoms with Crippen LogP contribution in [-0.4, -0.2) is 185 Å². The van der Waals surface area contributed by atoms with Crippen molar-refractivity contribution in [2.24, 2.45) is 63.1 Å². The molecule has 0 aromatic carbocycles. The average Bonchev–Trinajstić information content (AvgIpc) is 1.54. The number of rotatable bonds is 59. The molecule has 0 aliphatic carbocycles. The number of Topliss-reactive ketones (excluding diaryl/α,β-unsaturated/α-hetero) is 1. The van der Waals surface area contributed by atoms with Crippen molar-refractivity contribution >= 4 is 58.9 Å². The summed E-state index contributed by atoms with van der Waals surface area (Å²) < 4.78 is 0. The summed E-state index contributed by atoms with van der Waals surface area (Å²) in [6, 6.07) is -9.44. The molecule has 0 aromatic heterocycles. The van der Waals surface area contributed by atoms with Crippen molar-refractivity contribution in [1.29, 1.82) is 0 Å². The minimum atomic E-state index is -1.32. The van der Waals surface area contributed by atoms with Gasteiger partial charge in [-0.05, 0) is 200 Å². The molecule has 10 unspecified atom stereocenters. The van der Waals surface area contributed by atoms with Crippen molar-refractivity contribution in [3.8, 4) is 0 Å². The summed E-state index contributed by atoms with van der Waals surface area (Å²) in [6.07, 6.45) is 13.8. The summed E-state index contributed by atoms with van der Waals surface area (Å²) >= 11 is 0. The summed E-state index contributed by atoms with van der Waals surface area (Å²) in [7, 11) is 0. The van der Waals surface area contributed by atoms with Crippen LogP contribution < -0.4 is 111 Å². The zero-order chi connectivity index (χ0) is 68.2. The molecule has 9 amide bonds. The van der Waals surface area contributed by atoms with E-state index in [9.17, 15) is 47.9 Å². The van der Waals surface area contributed by atoms with Gasteiger partial charge in [-0.25, -0.2) is 0 Å². The van der Waals surface area contributed by atoms with Crippen molar-refractivity contribution in [2.45, 2.75) is 260 Å². The zero-order valence-corrected chi connectivity index (χ0v) is 55.0. The Kier molecular flexibility index (Phi) is 51.6. The van der Waals surface area contributed by atoms with Crippen molar-refractivity contribution in [1.82, 2.24) is 47.9 Å². The molecule has 30 nitrogen and oxygen atoms in total. The molecular weight excluding hydrogens is 1170 g/mol. The standard InChI is InChI=1S/C61H124N20O10/c1-42(82)49(28-8-18-38-74-54(84)44(68)23-3-13-33-63)78-59(89)51(30-10-20-40-76-56(86)46(70)25-5-15-35-65)80-61(91)52(31-11-21-41-77-57(87)47(71)26-6-16-36-66)81-60(90)50(29-9-19-39-75-55(85)45(69)24-4-14-34-64)79-58(88)48(72)27-7-17-37-73-53(83)43(67)22-2-12-32-62/h43-52H,2-41,62-72H2,1H3,(H,73,83)(H,74,84)(H,75,85)(H,76,86)(H,77,87)(H,78,89)(H,79,88)(H,80,91)(H,81,90). The molecule has 0 aliphatic heterocycles. The lowest BCUT2D eigenvalue weighted by Crippen LogP contribution is -2.58. The highest BCUT2D eigenvalue weighted by molar-refractivity contribution is 5.96. The largest absolute Gasteiger partial charge is 0.355 e. The van der Waals surface area contributed by atoms with Crippen LogP contribution in [0, 0.1) is 0 Å². The monoisotopic (exact) mass is 1300 g/mol. The van der Waals surface area contributed by atoms with Crippen LogP contribution in [0.2, 0.25) is 0 Å². The maximum atomic E-state index is 14.7. The Balaban J connectivity index is 6.86. The fraction of sp³-hybridized carbons (Fsp3) is 0.836. The number of ketones is 1. The van der Waals surface area contributed by atoms with Crippen molar-refractivity contribution < 1.29 is 47.9 Å². The minimum absolute atomic E-state index is 0.00000473. The van der Waals surface area contributed by atoms with Crippen LogP contribution in [0.25, 0.3) is 0 Å². The zero-order valence-electron chi connectivity index (χ0n) is 55.0. The number of nitrogens with two attached hydrogens (primary N) is 11. The molecule has 0 heterocycles. The first-order chi connectivity index (χ1) is 43.6. The summed E-state index contributed by atoms with van der Waals surface area (Å²) in [4.78, 5) is 134. The van der Waals surface area contributed by atoms with Crippen LogP contribution in [-0.2, 0) is 47.9 Å². The topological polar surface area (TPSA) is 565 Å². The van der Waals surface area contributed by atoms with E-state index < -0.39 is 84.0 Å². The lowest BCUT2D eigenvalue weighted by molar-refractivity contribution is -0.134. The molecule has 30 heteroatoms.